The highest BCUT2D eigenvalue weighted by atomic mass is 79.9. The monoisotopic (exact) mass is 327 g/mol. The van der Waals surface area contributed by atoms with Crippen LogP contribution in [0.15, 0.2) is 59.1 Å². The molecule has 98 valence electrons. The standard InChI is InChI=1S/C16H10BrNO2/c17-13-4-2-1-3-12(13)14-8-7-10-5-6-11(16(19)20)9-15(10)18-14/h1-9H,(H,19,20). The van der Waals surface area contributed by atoms with Gasteiger partial charge < -0.3 is 5.11 Å². The third-order valence-corrected chi connectivity index (χ3v) is 3.78. The number of aromatic carboxylic acids is 1. The molecule has 0 amide bonds. The van der Waals surface area contributed by atoms with Crippen LogP contribution in [0.2, 0.25) is 0 Å². The largest absolute Gasteiger partial charge is 0.478 e. The highest BCUT2D eigenvalue weighted by Gasteiger charge is 2.07. The van der Waals surface area contributed by atoms with Crippen LogP contribution in [0.4, 0.5) is 0 Å². The van der Waals surface area contributed by atoms with E-state index in [1.54, 1.807) is 18.2 Å². The molecule has 0 aliphatic carbocycles. The number of fused-ring (bicyclic) bond motifs is 1. The molecule has 0 aliphatic rings. The number of benzene rings is 2. The highest BCUT2D eigenvalue weighted by molar-refractivity contribution is 9.10. The van der Waals surface area contributed by atoms with E-state index in [9.17, 15) is 4.79 Å². The summed E-state index contributed by atoms with van der Waals surface area (Å²) < 4.78 is 0.959. The molecule has 3 rings (SSSR count). The number of hydrogen-bond acceptors (Lipinski definition) is 2. The van der Waals surface area contributed by atoms with Gasteiger partial charge in [0.05, 0.1) is 16.8 Å². The van der Waals surface area contributed by atoms with Gasteiger partial charge in [-0.3, -0.25) is 0 Å². The molecular formula is C16H10BrNO2. The van der Waals surface area contributed by atoms with Crippen LogP contribution in [0.3, 0.4) is 0 Å². The van der Waals surface area contributed by atoms with Gasteiger partial charge in [0.25, 0.3) is 0 Å². The number of halogens is 1. The molecule has 0 aliphatic heterocycles. The van der Waals surface area contributed by atoms with Crippen molar-refractivity contribution >= 4 is 32.8 Å². The van der Waals surface area contributed by atoms with Crippen LogP contribution < -0.4 is 0 Å². The minimum absolute atomic E-state index is 0.245. The van der Waals surface area contributed by atoms with Crippen molar-refractivity contribution in [1.82, 2.24) is 4.98 Å². The molecule has 1 N–H and O–H groups in total. The van der Waals surface area contributed by atoms with Crippen LogP contribution in [-0.4, -0.2) is 16.1 Å². The Morgan fingerprint density at radius 3 is 2.55 bits per heavy atom. The van der Waals surface area contributed by atoms with Crippen molar-refractivity contribution in [2.45, 2.75) is 0 Å². The van der Waals surface area contributed by atoms with Gasteiger partial charge >= 0.3 is 5.97 Å². The summed E-state index contributed by atoms with van der Waals surface area (Å²) in [7, 11) is 0. The molecule has 4 heteroatoms. The molecule has 0 unspecified atom stereocenters. The van der Waals surface area contributed by atoms with Crippen molar-refractivity contribution in [2.24, 2.45) is 0 Å². The van der Waals surface area contributed by atoms with E-state index in [1.165, 1.54) is 0 Å². The Hall–Kier alpha value is -2.20. The second-order valence-corrected chi connectivity index (χ2v) is 5.24. The fourth-order valence-electron chi connectivity index (χ4n) is 2.07. The van der Waals surface area contributed by atoms with Gasteiger partial charge in [0.2, 0.25) is 0 Å². The zero-order chi connectivity index (χ0) is 14.1. The lowest BCUT2D eigenvalue weighted by atomic mass is 10.1. The quantitative estimate of drug-likeness (QED) is 0.760. The molecule has 0 fully saturated rings. The van der Waals surface area contributed by atoms with E-state index in [2.05, 4.69) is 20.9 Å². The van der Waals surface area contributed by atoms with Crippen LogP contribution in [0.5, 0.6) is 0 Å². The molecule has 3 nitrogen and oxygen atoms in total. The van der Waals surface area contributed by atoms with Crippen LogP contribution in [0.1, 0.15) is 10.4 Å². The van der Waals surface area contributed by atoms with Crippen LogP contribution in [-0.2, 0) is 0 Å². The van der Waals surface area contributed by atoms with Gasteiger partial charge in [-0.05, 0) is 24.3 Å². The lowest BCUT2D eigenvalue weighted by molar-refractivity contribution is 0.0697. The van der Waals surface area contributed by atoms with Crippen molar-refractivity contribution in [1.29, 1.82) is 0 Å². The third-order valence-electron chi connectivity index (χ3n) is 3.09. The third kappa shape index (κ3) is 2.30. The molecule has 0 bridgehead atoms. The van der Waals surface area contributed by atoms with E-state index in [0.717, 1.165) is 21.1 Å². The Balaban J connectivity index is 2.19. The summed E-state index contributed by atoms with van der Waals surface area (Å²) in [4.78, 5) is 15.6. The maximum atomic E-state index is 11.0. The lowest BCUT2D eigenvalue weighted by Gasteiger charge is -2.06. The van der Waals surface area contributed by atoms with E-state index in [-0.39, 0.29) is 5.56 Å². The Morgan fingerprint density at radius 2 is 1.80 bits per heavy atom. The van der Waals surface area contributed by atoms with E-state index < -0.39 is 5.97 Å². The summed E-state index contributed by atoms with van der Waals surface area (Å²) in [5.41, 5.74) is 2.72. The second-order valence-electron chi connectivity index (χ2n) is 4.39. The Morgan fingerprint density at radius 1 is 1.05 bits per heavy atom. The number of carboxylic acids is 1. The van der Waals surface area contributed by atoms with E-state index in [4.69, 9.17) is 5.11 Å². The molecule has 0 saturated carbocycles. The summed E-state index contributed by atoms with van der Waals surface area (Å²) in [6.45, 7) is 0. The fourth-order valence-corrected chi connectivity index (χ4v) is 2.56. The van der Waals surface area contributed by atoms with Crippen molar-refractivity contribution in [3.63, 3.8) is 0 Å². The first-order chi connectivity index (χ1) is 9.65. The first-order valence-corrected chi connectivity index (χ1v) is 6.83. The van der Waals surface area contributed by atoms with Gasteiger partial charge in [0.15, 0.2) is 0 Å². The van der Waals surface area contributed by atoms with Crippen molar-refractivity contribution in [3.8, 4) is 11.3 Å². The zero-order valence-electron chi connectivity index (χ0n) is 10.4. The minimum Gasteiger partial charge on any atom is -0.478 e. The smallest absolute Gasteiger partial charge is 0.335 e. The van der Waals surface area contributed by atoms with Gasteiger partial charge in [0, 0.05) is 15.4 Å². The van der Waals surface area contributed by atoms with Gasteiger partial charge in [-0.25, -0.2) is 9.78 Å². The van der Waals surface area contributed by atoms with E-state index >= 15 is 0 Å². The first kappa shape index (κ1) is 12.8. The Bertz CT molecular complexity index is 814. The average molecular weight is 328 g/mol. The molecular weight excluding hydrogens is 318 g/mol. The summed E-state index contributed by atoms with van der Waals surface area (Å²) in [6, 6.07) is 16.6. The molecule has 1 heterocycles. The Kier molecular flexibility index (Phi) is 3.24. The number of pyridine rings is 1. The second kappa shape index (κ2) is 5.06. The van der Waals surface area contributed by atoms with Crippen molar-refractivity contribution < 1.29 is 9.90 Å². The maximum absolute atomic E-state index is 11.0. The first-order valence-electron chi connectivity index (χ1n) is 6.04. The zero-order valence-corrected chi connectivity index (χ0v) is 12.0. The number of carboxylic acid groups (broad SMARTS) is 1. The van der Waals surface area contributed by atoms with Gasteiger partial charge in [-0.15, -0.1) is 0 Å². The number of carbonyl (C=O) groups is 1. The Labute approximate surface area is 124 Å². The molecule has 2 aromatic carbocycles. The maximum Gasteiger partial charge on any atom is 0.335 e. The summed E-state index contributed by atoms with van der Waals surface area (Å²) in [5, 5.41) is 9.96. The number of nitrogens with zero attached hydrogens (tertiary/aromatic N) is 1. The minimum atomic E-state index is -0.944. The molecule has 20 heavy (non-hydrogen) atoms. The SMILES string of the molecule is O=C(O)c1ccc2ccc(-c3ccccc3Br)nc2c1. The number of hydrogen-bond donors (Lipinski definition) is 1. The van der Waals surface area contributed by atoms with Gasteiger partial charge in [0.1, 0.15) is 0 Å². The molecule has 1 aromatic heterocycles. The van der Waals surface area contributed by atoms with Crippen LogP contribution >= 0.6 is 15.9 Å². The summed E-state index contributed by atoms with van der Waals surface area (Å²) in [5.74, 6) is -0.944. The van der Waals surface area contributed by atoms with Gasteiger partial charge in [-0.1, -0.05) is 46.3 Å². The summed E-state index contributed by atoms with van der Waals surface area (Å²) in [6.07, 6.45) is 0. The molecule has 0 radical (unpaired) electrons. The van der Waals surface area contributed by atoms with E-state index in [1.807, 2.05) is 36.4 Å². The van der Waals surface area contributed by atoms with Gasteiger partial charge in [-0.2, -0.15) is 0 Å². The normalized spacial score (nSPS) is 10.7. The van der Waals surface area contributed by atoms with Crippen LogP contribution in [0.25, 0.3) is 22.2 Å². The number of aromatic nitrogens is 1. The molecule has 0 atom stereocenters. The summed E-state index contributed by atoms with van der Waals surface area (Å²) >= 11 is 3.50. The fraction of sp³-hybridized carbons (Fsp3) is 0. The van der Waals surface area contributed by atoms with Crippen LogP contribution in [0, 0.1) is 0 Å². The predicted octanol–water partition coefficient (Wildman–Crippen LogP) is 4.36. The molecule has 0 spiro atoms. The topological polar surface area (TPSA) is 50.2 Å². The molecule has 0 saturated heterocycles. The number of rotatable bonds is 2. The predicted molar refractivity (Wildman–Crippen MR) is 81.8 cm³/mol. The average Bonchev–Trinajstić information content (AvgIpc) is 2.46. The van der Waals surface area contributed by atoms with Crippen molar-refractivity contribution in [3.05, 3.63) is 64.6 Å². The lowest BCUT2D eigenvalue weighted by Crippen LogP contribution is -1.96. The highest BCUT2D eigenvalue weighted by Crippen LogP contribution is 2.28. The van der Waals surface area contributed by atoms with E-state index in [0.29, 0.717) is 5.52 Å². The van der Waals surface area contributed by atoms with Crippen molar-refractivity contribution in [2.75, 3.05) is 0 Å². The molecule has 3 aromatic rings.